The second-order valence-corrected chi connectivity index (χ2v) is 7.60. The Morgan fingerprint density at radius 2 is 1.81 bits per heavy atom. The number of benzene rings is 2. The summed E-state index contributed by atoms with van der Waals surface area (Å²) in [7, 11) is -0.537. The van der Waals surface area contributed by atoms with Crippen LogP contribution in [-0.2, 0) is 10.0 Å². The summed E-state index contributed by atoms with van der Waals surface area (Å²) in [6.45, 7) is 3.77. The second-order valence-electron chi connectivity index (χ2n) is 6.03. The quantitative estimate of drug-likeness (QED) is 0.836. The Morgan fingerprint density at radius 3 is 2.35 bits per heavy atom. The largest absolute Gasteiger partial charge is 0.495 e. The second kappa shape index (κ2) is 7.76. The molecule has 26 heavy (non-hydrogen) atoms. The standard InChI is InChI=1S/C18H23N3O4S/c1-12-5-10-17(25-4)16(11-12)20-18(22)21(3)13(2)14-6-8-15(9-7-14)26(19,23)24/h5-11,13H,1-4H3,(H,20,22)(H2,19,23,24). The van der Waals surface area contributed by atoms with Gasteiger partial charge in [-0.25, -0.2) is 18.4 Å². The zero-order valence-corrected chi connectivity index (χ0v) is 16.0. The topological polar surface area (TPSA) is 102 Å². The van der Waals surface area contributed by atoms with Crippen LogP contribution in [0.5, 0.6) is 5.75 Å². The molecule has 3 N–H and O–H groups in total. The highest BCUT2D eigenvalue weighted by atomic mass is 32.2. The van der Waals surface area contributed by atoms with Gasteiger partial charge in [0.05, 0.1) is 23.7 Å². The van der Waals surface area contributed by atoms with E-state index in [2.05, 4.69) is 5.32 Å². The molecule has 2 aromatic carbocycles. The van der Waals surface area contributed by atoms with Crippen molar-refractivity contribution in [1.29, 1.82) is 0 Å². The van der Waals surface area contributed by atoms with Crippen LogP contribution in [0.3, 0.4) is 0 Å². The molecule has 0 aliphatic carbocycles. The van der Waals surface area contributed by atoms with Gasteiger partial charge in [0.15, 0.2) is 0 Å². The molecular formula is C18H23N3O4S. The van der Waals surface area contributed by atoms with Gasteiger partial charge in [0.25, 0.3) is 0 Å². The van der Waals surface area contributed by atoms with E-state index in [1.165, 1.54) is 17.0 Å². The Morgan fingerprint density at radius 1 is 1.19 bits per heavy atom. The van der Waals surface area contributed by atoms with Crippen molar-refractivity contribution in [2.75, 3.05) is 19.5 Å². The van der Waals surface area contributed by atoms with E-state index in [4.69, 9.17) is 9.88 Å². The number of sulfonamides is 1. The van der Waals surface area contributed by atoms with Crippen molar-refractivity contribution >= 4 is 21.7 Å². The van der Waals surface area contributed by atoms with Crippen LogP contribution in [0.4, 0.5) is 10.5 Å². The molecule has 2 rings (SSSR count). The highest BCUT2D eigenvalue weighted by Gasteiger charge is 2.19. The van der Waals surface area contributed by atoms with Gasteiger partial charge in [0, 0.05) is 7.05 Å². The molecule has 1 atom stereocenters. The van der Waals surface area contributed by atoms with E-state index in [9.17, 15) is 13.2 Å². The molecular weight excluding hydrogens is 354 g/mol. The highest BCUT2D eigenvalue weighted by Crippen LogP contribution is 2.27. The fourth-order valence-electron chi connectivity index (χ4n) is 2.46. The Bertz CT molecular complexity index is 895. The number of rotatable bonds is 5. The van der Waals surface area contributed by atoms with E-state index < -0.39 is 10.0 Å². The maximum atomic E-state index is 12.6. The van der Waals surface area contributed by atoms with E-state index in [0.29, 0.717) is 11.4 Å². The van der Waals surface area contributed by atoms with E-state index in [1.54, 1.807) is 32.4 Å². The fraction of sp³-hybridized carbons (Fsp3) is 0.278. The molecule has 0 fully saturated rings. The van der Waals surface area contributed by atoms with Crippen LogP contribution in [0.2, 0.25) is 0 Å². The summed E-state index contributed by atoms with van der Waals surface area (Å²) in [4.78, 5) is 14.1. The monoisotopic (exact) mass is 377 g/mol. The van der Waals surface area contributed by atoms with Crippen LogP contribution in [-0.4, -0.2) is 33.5 Å². The van der Waals surface area contributed by atoms with Crippen molar-refractivity contribution in [2.45, 2.75) is 24.8 Å². The smallest absolute Gasteiger partial charge is 0.322 e. The van der Waals surface area contributed by atoms with Gasteiger partial charge in [-0.05, 0) is 49.2 Å². The van der Waals surface area contributed by atoms with E-state index in [1.807, 2.05) is 26.0 Å². The van der Waals surface area contributed by atoms with Gasteiger partial charge < -0.3 is 15.0 Å². The predicted molar refractivity (Wildman–Crippen MR) is 101 cm³/mol. The Balaban J connectivity index is 2.16. The number of anilines is 1. The molecule has 0 saturated carbocycles. The van der Waals surface area contributed by atoms with Crippen molar-refractivity contribution in [1.82, 2.24) is 4.90 Å². The molecule has 2 aromatic rings. The van der Waals surface area contributed by atoms with Crippen LogP contribution >= 0.6 is 0 Å². The third-order valence-corrected chi connectivity index (χ3v) is 5.12. The number of urea groups is 1. The zero-order chi connectivity index (χ0) is 19.5. The molecule has 0 bridgehead atoms. The first kappa shape index (κ1) is 19.7. The molecule has 0 saturated heterocycles. The van der Waals surface area contributed by atoms with E-state index in [0.717, 1.165) is 11.1 Å². The number of carbonyl (C=O) groups excluding carboxylic acids is 1. The normalized spacial score (nSPS) is 12.3. The maximum absolute atomic E-state index is 12.6. The first-order chi connectivity index (χ1) is 12.1. The van der Waals surface area contributed by atoms with E-state index in [-0.39, 0.29) is 17.0 Å². The molecule has 0 radical (unpaired) electrons. The van der Waals surface area contributed by atoms with Crippen LogP contribution in [0.15, 0.2) is 47.4 Å². The number of hydrogen-bond acceptors (Lipinski definition) is 4. The zero-order valence-electron chi connectivity index (χ0n) is 15.2. The van der Waals surface area contributed by atoms with Crippen molar-refractivity contribution in [3.8, 4) is 5.75 Å². The number of methoxy groups -OCH3 is 1. The van der Waals surface area contributed by atoms with Crippen LogP contribution < -0.4 is 15.2 Å². The summed E-state index contributed by atoms with van der Waals surface area (Å²) < 4.78 is 27.9. The lowest BCUT2D eigenvalue weighted by Crippen LogP contribution is -2.33. The summed E-state index contributed by atoms with van der Waals surface area (Å²) in [6, 6.07) is 11.1. The number of nitrogens with zero attached hydrogens (tertiary/aromatic N) is 1. The molecule has 0 spiro atoms. The number of aryl methyl sites for hydroxylation is 1. The van der Waals surface area contributed by atoms with E-state index >= 15 is 0 Å². The van der Waals surface area contributed by atoms with Gasteiger partial charge in [-0.1, -0.05) is 18.2 Å². The number of primary sulfonamides is 1. The number of nitrogens with one attached hydrogen (secondary N) is 1. The number of amides is 2. The first-order valence-electron chi connectivity index (χ1n) is 7.94. The summed E-state index contributed by atoms with van der Waals surface area (Å²) in [5, 5.41) is 7.94. The van der Waals surface area contributed by atoms with Gasteiger partial charge >= 0.3 is 6.03 Å². The maximum Gasteiger partial charge on any atom is 0.322 e. The number of hydrogen-bond donors (Lipinski definition) is 2. The third-order valence-electron chi connectivity index (χ3n) is 4.19. The third kappa shape index (κ3) is 4.53. The van der Waals surface area contributed by atoms with Crippen molar-refractivity contribution in [2.24, 2.45) is 5.14 Å². The van der Waals surface area contributed by atoms with Crippen LogP contribution in [0.1, 0.15) is 24.1 Å². The molecule has 0 heterocycles. The molecule has 140 valence electrons. The summed E-state index contributed by atoms with van der Waals surface area (Å²) >= 11 is 0. The van der Waals surface area contributed by atoms with Gasteiger partial charge in [0.2, 0.25) is 10.0 Å². The van der Waals surface area contributed by atoms with Gasteiger partial charge in [0.1, 0.15) is 5.75 Å². The highest BCUT2D eigenvalue weighted by molar-refractivity contribution is 7.89. The Hall–Kier alpha value is -2.58. The minimum absolute atomic E-state index is 0.0325. The molecule has 2 amide bonds. The minimum Gasteiger partial charge on any atom is -0.495 e. The number of nitrogens with two attached hydrogens (primary N) is 1. The number of ether oxygens (including phenoxy) is 1. The SMILES string of the molecule is COc1ccc(C)cc1NC(=O)N(C)C(C)c1ccc(S(N)(=O)=O)cc1. The summed E-state index contributed by atoms with van der Waals surface area (Å²) in [5.74, 6) is 0.572. The lowest BCUT2D eigenvalue weighted by molar-refractivity contribution is 0.208. The Labute approximate surface area is 153 Å². The average Bonchev–Trinajstić information content (AvgIpc) is 2.60. The van der Waals surface area contributed by atoms with Crippen molar-refractivity contribution < 1.29 is 17.9 Å². The minimum atomic E-state index is -3.74. The molecule has 1 unspecified atom stereocenters. The van der Waals surface area contributed by atoms with Crippen LogP contribution in [0.25, 0.3) is 0 Å². The lowest BCUT2D eigenvalue weighted by Gasteiger charge is -2.26. The predicted octanol–water partition coefficient (Wildman–Crippen LogP) is 2.88. The molecule has 0 aliphatic heterocycles. The fourth-order valence-corrected chi connectivity index (χ4v) is 2.97. The van der Waals surface area contributed by atoms with Crippen molar-refractivity contribution in [3.05, 3.63) is 53.6 Å². The van der Waals surface area contributed by atoms with Gasteiger partial charge in [-0.3, -0.25) is 0 Å². The van der Waals surface area contributed by atoms with Crippen LogP contribution in [0, 0.1) is 6.92 Å². The summed E-state index contributed by atoms with van der Waals surface area (Å²) in [6.07, 6.45) is 0. The van der Waals surface area contributed by atoms with Crippen molar-refractivity contribution in [3.63, 3.8) is 0 Å². The Kier molecular flexibility index (Phi) is 5.89. The molecule has 8 heteroatoms. The molecule has 7 nitrogen and oxygen atoms in total. The van der Waals surface area contributed by atoms with Gasteiger partial charge in [-0.15, -0.1) is 0 Å². The molecule has 0 aliphatic rings. The average molecular weight is 377 g/mol. The summed E-state index contributed by atoms with van der Waals surface area (Å²) in [5.41, 5.74) is 2.36. The first-order valence-corrected chi connectivity index (χ1v) is 9.49. The van der Waals surface area contributed by atoms with Gasteiger partial charge in [-0.2, -0.15) is 0 Å². The molecule has 0 aromatic heterocycles. The lowest BCUT2D eigenvalue weighted by atomic mass is 10.1. The number of carbonyl (C=O) groups is 1.